The van der Waals surface area contributed by atoms with Crippen LogP contribution >= 0.6 is 0 Å². The molecule has 0 unspecified atom stereocenters. The van der Waals surface area contributed by atoms with Gasteiger partial charge in [-0.1, -0.05) is 12.1 Å². The molecule has 1 amide bonds. The molecule has 0 spiro atoms. The molecule has 0 radical (unpaired) electrons. The predicted molar refractivity (Wildman–Crippen MR) is 75.8 cm³/mol. The Bertz CT molecular complexity index is 471. The van der Waals surface area contributed by atoms with Crippen molar-refractivity contribution in [3.05, 3.63) is 29.8 Å². The molecule has 0 aliphatic heterocycles. The lowest BCUT2D eigenvalue weighted by Crippen LogP contribution is -2.41. The average Bonchev–Trinajstić information content (AvgIpc) is 2.35. The highest BCUT2D eigenvalue weighted by Crippen LogP contribution is 2.12. The number of benzene rings is 1. The second-order valence-corrected chi connectivity index (χ2v) is 4.92. The number of carboxylic acids is 1. The lowest BCUT2D eigenvalue weighted by atomic mass is 10.2. The van der Waals surface area contributed by atoms with Gasteiger partial charge >= 0.3 is 5.97 Å². The summed E-state index contributed by atoms with van der Waals surface area (Å²) in [5.41, 5.74) is 1.09. The molecule has 0 atom stereocenters. The molecule has 0 aliphatic rings. The third kappa shape index (κ3) is 5.30. The Morgan fingerprint density at radius 2 is 2.05 bits per heavy atom. The molecule has 20 heavy (non-hydrogen) atoms. The Morgan fingerprint density at radius 1 is 1.35 bits per heavy atom. The maximum absolute atomic E-state index is 12.0. The van der Waals surface area contributed by atoms with Gasteiger partial charge < -0.3 is 14.7 Å². The highest BCUT2D eigenvalue weighted by Gasteiger charge is 2.19. The van der Waals surface area contributed by atoms with E-state index in [1.54, 1.807) is 13.8 Å². The molecule has 110 valence electrons. The third-order valence-corrected chi connectivity index (χ3v) is 2.82. The number of carbonyl (C=O) groups is 2. The lowest BCUT2D eigenvalue weighted by molar-refractivity contribution is -0.146. The summed E-state index contributed by atoms with van der Waals surface area (Å²) in [4.78, 5) is 24.0. The van der Waals surface area contributed by atoms with Gasteiger partial charge in [-0.2, -0.15) is 0 Å². The van der Waals surface area contributed by atoms with E-state index in [0.29, 0.717) is 5.75 Å². The average molecular weight is 279 g/mol. The first-order valence-electron chi connectivity index (χ1n) is 6.61. The van der Waals surface area contributed by atoms with E-state index < -0.39 is 5.97 Å². The Morgan fingerprint density at radius 3 is 2.60 bits per heavy atom. The van der Waals surface area contributed by atoms with Gasteiger partial charge in [0.2, 0.25) is 5.91 Å². The van der Waals surface area contributed by atoms with Crippen LogP contribution in [0.2, 0.25) is 0 Å². The fourth-order valence-corrected chi connectivity index (χ4v) is 1.81. The largest absolute Gasteiger partial charge is 0.493 e. The smallest absolute Gasteiger partial charge is 0.323 e. The van der Waals surface area contributed by atoms with Crippen LogP contribution in [0.5, 0.6) is 5.75 Å². The van der Waals surface area contributed by atoms with E-state index in [0.717, 1.165) is 5.56 Å². The molecule has 0 aliphatic carbocycles. The Kier molecular flexibility index (Phi) is 6.03. The SMILES string of the molecule is Cc1cccc(OCCC(=O)N(CC(=O)O)C(C)C)c1. The monoisotopic (exact) mass is 279 g/mol. The number of hydrogen-bond acceptors (Lipinski definition) is 3. The van der Waals surface area contributed by atoms with Crippen molar-refractivity contribution in [1.29, 1.82) is 0 Å². The van der Waals surface area contributed by atoms with Crippen molar-refractivity contribution in [2.45, 2.75) is 33.2 Å². The maximum atomic E-state index is 12.0. The van der Waals surface area contributed by atoms with Gasteiger partial charge in [-0.15, -0.1) is 0 Å². The molecule has 0 aromatic heterocycles. The third-order valence-electron chi connectivity index (χ3n) is 2.82. The van der Waals surface area contributed by atoms with Crippen LogP contribution in [0.3, 0.4) is 0 Å². The summed E-state index contributed by atoms with van der Waals surface area (Å²) in [7, 11) is 0. The minimum Gasteiger partial charge on any atom is -0.493 e. The number of aliphatic carboxylic acids is 1. The quantitative estimate of drug-likeness (QED) is 0.830. The summed E-state index contributed by atoms with van der Waals surface area (Å²) in [5, 5.41) is 8.79. The van der Waals surface area contributed by atoms with Crippen molar-refractivity contribution < 1.29 is 19.4 Å². The first-order chi connectivity index (χ1) is 9.40. The van der Waals surface area contributed by atoms with Crippen LogP contribution in [-0.4, -0.2) is 41.1 Å². The van der Waals surface area contributed by atoms with Gasteiger partial charge in [-0.05, 0) is 38.5 Å². The van der Waals surface area contributed by atoms with Crippen LogP contribution in [-0.2, 0) is 9.59 Å². The Labute approximate surface area is 119 Å². The van der Waals surface area contributed by atoms with E-state index in [-0.39, 0.29) is 31.5 Å². The van der Waals surface area contributed by atoms with E-state index in [4.69, 9.17) is 9.84 Å². The molecule has 5 nitrogen and oxygen atoms in total. The van der Waals surface area contributed by atoms with Gasteiger partial charge in [0, 0.05) is 6.04 Å². The first-order valence-corrected chi connectivity index (χ1v) is 6.61. The van der Waals surface area contributed by atoms with E-state index in [9.17, 15) is 9.59 Å². The summed E-state index contributed by atoms with van der Waals surface area (Å²) in [5.74, 6) is -0.506. The number of carbonyl (C=O) groups excluding carboxylic acids is 1. The number of rotatable bonds is 7. The minimum absolute atomic E-state index is 0.141. The van der Waals surface area contributed by atoms with E-state index >= 15 is 0 Å². The fourth-order valence-electron chi connectivity index (χ4n) is 1.81. The zero-order valence-corrected chi connectivity index (χ0v) is 12.1. The van der Waals surface area contributed by atoms with Crippen molar-refractivity contribution in [2.24, 2.45) is 0 Å². The lowest BCUT2D eigenvalue weighted by Gasteiger charge is -2.24. The molecule has 1 aromatic rings. The second kappa shape index (κ2) is 7.53. The zero-order valence-electron chi connectivity index (χ0n) is 12.1. The second-order valence-electron chi connectivity index (χ2n) is 4.92. The number of amides is 1. The molecular formula is C15H21NO4. The normalized spacial score (nSPS) is 10.4. The van der Waals surface area contributed by atoms with Crippen LogP contribution in [0.15, 0.2) is 24.3 Å². The van der Waals surface area contributed by atoms with Gasteiger partial charge in [-0.25, -0.2) is 0 Å². The maximum Gasteiger partial charge on any atom is 0.323 e. The summed E-state index contributed by atoms with van der Waals surface area (Å²) in [6.45, 7) is 5.52. The van der Waals surface area contributed by atoms with Gasteiger partial charge in [0.1, 0.15) is 12.3 Å². The fraction of sp³-hybridized carbons (Fsp3) is 0.467. The molecule has 5 heteroatoms. The standard InChI is InChI=1S/C15H21NO4/c1-11(2)16(10-15(18)19)14(17)7-8-20-13-6-4-5-12(3)9-13/h4-6,9,11H,7-8,10H2,1-3H3,(H,18,19). The molecule has 0 bridgehead atoms. The van der Waals surface area contributed by atoms with Gasteiger partial charge in [0.05, 0.1) is 13.0 Å². The molecule has 0 heterocycles. The van der Waals surface area contributed by atoms with Crippen molar-refractivity contribution in [2.75, 3.05) is 13.2 Å². The first kappa shape index (κ1) is 16.0. The van der Waals surface area contributed by atoms with Crippen LogP contribution in [0, 0.1) is 6.92 Å². The highest BCUT2D eigenvalue weighted by molar-refractivity contribution is 5.81. The predicted octanol–water partition coefficient (Wildman–Crippen LogP) is 2.09. The van der Waals surface area contributed by atoms with Crippen molar-refractivity contribution in [3.63, 3.8) is 0 Å². The van der Waals surface area contributed by atoms with Crippen molar-refractivity contribution in [3.8, 4) is 5.75 Å². The Hall–Kier alpha value is -2.04. The van der Waals surface area contributed by atoms with E-state index in [1.165, 1.54) is 4.90 Å². The molecule has 1 N–H and O–H groups in total. The molecule has 0 saturated carbocycles. The molecular weight excluding hydrogens is 258 g/mol. The molecule has 1 aromatic carbocycles. The molecule has 0 saturated heterocycles. The summed E-state index contributed by atoms with van der Waals surface area (Å²) >= 11 is 0. The number of hydrogen-bond donors (Lipinski definition) is 1. The van der Waals surface area contributed by atoms with Crippen LogP contribution in [0.25, 0.3) is 0 Å². The van der Waals surface area contributed by atoms with E-state index in [1.807, 2.05) is 31.2 Å². The Balaban J connectivity index is 2.47. The van der Waals surface area contributed by atoms with E-state index in [2.05, 4.69) is 0 Å². The topological polar surface area (TPSA) is 66.8 Å². The minimum atomic E-state index is -1.01. The van der Waals surface area contributed by atoms with Crippen LogP contribution in [0.4, 0.5) is 0 Å². The van der Waals surface area contributed by atoms with Crippen molar-refractivity contribution >= 4 is 11.9 Å². The zero-order chi connectivity index (χ0) is 15.1. The number of nitrogens with zero attached hydrogens (tertiary/aromatic N) is 1. The van der Waals surface area contributed by atoms with Gasteiger partial charge in [0.15, 0.2) is 0 Å². The van der Waals surface area contributed by atoms with Gasteiger partial charge in [-0.3, -0.25) is 9.59 Å². The molecule has 0 fully saturated rings. The number of ether oxygens (including phenoxy) is 1. The summed E-state index contributed by atoms with van der Waals surface area (Å²) in [6.07, 6.45) is 0.166. The summed E-state index contributed by atoms with van der Waals surface area (Å²) < 4.78 is 5.50. The van der Waals surface area contributed by atoms with Crippen LogP contribution < -0.4 is 4.74 Å². The highest BCUT2D eigenvalue weighted by atomic mass is 16.5. The van der Waals surface area contributed by atoms with Crippen molar-refractivity contribution in [1.82, 2.24) is 4.90 Å². The van der Waals surface area contributed by atoms with Crippen LogP contribution in [0.1, 0.15) is 25.8 Å². The number of aryl methyl sites for hydroxylation is 1. The number of carboxylic acid groups (broad SMARTS) is 1. The molecule has 1 rings (SSSR count). The summed E-state index contributed by atoms with van der Waals surface area (Å²) in [6, 6.07) is 7.43. The van der Waals surface area contributed by atoms with Gasteiger partial charge in [0.25, 0.3) is 0 Å².